The number of furan rings is 1. The third-order valence-electron chi connectivity index (χ3n) is 6.58. The summed E-state index contributed by atoms with van der Waals surface area (Å²) in [6, 6.07) is 29.8. The molecule has 0 aliphatic carbocycles. The molecular formula is C34H32N4O5. The van der Waals surface area contributed by atoms with Crippen LogP contribution >= 0.6 is 0 Å². The van der Waals surface area contributed by atoms with Gasteiger partial charge >= 0.3 is 5.91 Å². The summed E-state index contributed by atoms with van der Waals surface area (Å²) >= 11 is 0. The lowest BCUT2D eigenvalue weighted by molar-refractivity contribution is -0.118. The van der Waals surface area contributed by atoms with E-state index in [1.807, 2.05) is 55.5 Å². The Morgan fingerprint density at radius 3 is 2.33 bits per heavy atom. The number of benzene rings is 3. The summed E-state index contributed by atoms with van der Waals surface area (Å²) in [5, 5.41) is 6.80. The number of ether oxygens (including phenoxy) is 2. The Bertz CT molecular complexity index is 1710. The Hall–Kier alpha value is -5.57. The predicted octanol–water partition coefficient (Wildman–Crippen LogP) is 6.36. The van der Waals surface area contributed by atoms with Crippen LogP contribution in [0, 0.1) is 20.8 Å². The van der Waals surface area contributed by atoms with Crippen LogP contribution in [0.25, 0.3) is 5.69 Å². The first kappa shape index (κ1) is 28.9. The van der Waals surface area contributed by atoms with Gasteiger partial charge in [-0.1, -0.05) is 29.8 Å². The van der Waals surface area contributed by atoms with Crippen molar-refractivity contribution in [1.29, 1.82) is 0 Å². The van der Waals surface area contributed by atoms with Gasteiger partial charge < -0.3 is 23.8 Å². The standard InChI is InChI=1S/C34H32N4O5/c1-23-7-11-27(12-8-23)36-33(39)22-42-30-6-4-5-26(19-30)20-35-37-34(40)32-18-17-31(43-32)21-41-29-15-13-28(14-16-29)38-24(2)9-10-25(38)3/h4-20H,21-22H2,1-3H3,(H,36,39)(H,37,40)/b35-20+. The molecule has 3 aromatic carbocycles. The van der Waals surface area contributed by atoms with Gasteiger partial charge in [-0.2, -0.15) is 5.10 Å². The quantitative estimate of drug-likeness (QED) is 0.141. The number of hydrazone groups is 1. The molecule has 0 spiro atoms. The highest BCUT2D eigenvalue weighted by molar-refractivity contribution is 5.93. The van der Waals surface area contributed by atoms with Crippen LogP contribution < -0.4 is 20.2 Å². The molecule has 2 heterocycles. The van der Waals surface area contributed by atoms with Crippen LogP contribution in [0.2, 0.25) is 0 Å². The highest BCUT2D eigenvalue weighted by atomic mass is 16.5. The van der Waals surface area contributed by atoms with Gasteiger partial charge in [0, 0.05) is 22.8 Å². The smallest absolute Gasteiger partial charge is 0.307 e. The number of hydrogen-bond donors (Lipinski definition) is 2. The molecule has 0 bridgehead atoms. The zero-order chi connectivity index (χ0) is 30.2. The topological polar surface area (TPSA) is 107 Å². The van der Waals surface area contributed by atoms with Gasteiger partial charge in [0.1, 0.15) is 23.9 Å². The Morgan fingerprint density at radius 1 is 0.837 bits per heavy atom. The van der Waals surface area contributed by atoms with Crippen LogP contribution in [0.1, 0.15) is 38.8 Å². The van der Waals surface area contributed by atoms with Gasteiger partial charge in [-0.05, 0) is 99.1 Å². The molecule has 5 rings (SSSR count). The van der Waals surface area contributed by atoms with Crippen molar-refractivity contribution in [1.82, 2.24) is 9.99 Å². The fraction of sp³-hybridized carbons (Fsp3) is 0.147. The summed E-state index contributed by atoms with van der Waals surface area (Å²) < 4.78 is 19.2. The Labute approximate surface area is 249 Å². The third kappa shape index (κ3) is 7.80. The van der Waals surface area contributed by atoms with Crippen LogP contribution in [-0.4, -0.2) is 29.2 Å². The number of nitrogens with one attached hydrogen (secondary N) is 2. The van der Waals surface area contributed by atoms with Crippen molar-refractivity contribution in [3.8, 4) is 17.2 Å². The Kier molecular flexibility index (Phi) is 9.02. The molecule has 2 aromatic heterocycles. The van der Waals surface area contributed by atoms with E-state index in [1.54, 1.807) is 36.4 Å². The first-order valence-corrected chi connectivity index (χ1v) is 13.7. The van der Waals surface area contributed by atoms with Gasteiger partial charge in [-0.25, -0.2) is 5.43 Å². The monoisotopic (exact) mass is 576 g/mol. The maximum Gasteiger partial charge on any atom is 0.307 e. The number of amides is 2. The summed E-state index contributed by atoms with van der Waals surface area (Å²) in [4.78, 5) is 24.7. The van der Waals surface area contributed by atoms with Crippen molar-refractivity contribution in [2.24, 2.45) is 5.10 Å². The first-order valence-electron chi connectivity index (χ1n) is 13.7. The van der Waals surface area contributed by atoms with E-state index in [2.05, 4.69) is 46.4 Å². The van der Waals surface area contributed by atoms with Crippen molar-refractivity contribution in [2.45, 2.75) is 27.4 Å². The molecule has 0 fully saturated rings. The number of nitrogens with zero attached hydrogens (tertiary/aromatic N) is 2. The molecule has 9 nitrogen and oxygen atoms in total. The Balaban J connectivity index is 1.08. The minimum Gasteiger partial charge on any atom is -0.486 e. The SMILES string of the molecule is Cc1ccc(NC(=O)COc2cccc(/C=N/NC(=O)c3ccc(COc4ccc(-n5c(C)ccc5C)cc4)o3)c2)cc1. The van der Waals surface area contributed by atoms with Gasteiger partial charge in [-0.3, -0.25) is 9.59 Å². The van der Waals surface area contributed by atoms with Crippen molar-refractivity contribution < 1.29 is 23.5 Å². The number of aromatic nitrogens is 1. The summed E-state index contributed by atoms with van der Waals surface area (Å²) in [5.41, 5.74) is 8.33. The number of carbonyl (C=O) groups is 2. The molecule has 5 aromatic rings. The second kappa shape index (κ2) is 13.4. The zero-order valence-corrected chi connectivity index (χ0v) is 24.2. The van der Waals surface area contributed by atoms with E-state index in [9.17, 15) is 9.59 Å². The van der Waals surface area contributed by atoms with Gasteiger partial charge in [-0.15, -0.1) is 0 Å². The van der Waals surface area contributed by atoms with E-state index >= 15 is 0 Å². The molecule has 0 aliphatic heterocycles. The van der Waals surface area contributed by atoms with E-state index in [-0.39, 0.29) is 24.9 Å². The fourth-order valence-corrected chi connectivity index (χ4v) is 4.39. The highest BCUT2D eigenvalue weighted by Crippen LogP contribution is 2.21. The van der Waals surface area contributed by atoms with Crippen molar-refractivity contribution >= 4 is 23.7 Å². The van der Waals surface area contributed by atoms with Crippen molar-refractivity contribution in [2.75, 3.05) is 11.9 Å². The maximum atomic E-state index is 12.5. The lowest BCUT2D eigenvalue weighted by atomic mass is 10.2. The zero-order valence-electron chi connectivity index (χ0n) is 24.2. The number of anilines is 1. The van der Waals surface area contributed by atoms with Crippen LogP contribution in [0.15, 0.2) is 107 Å². The predicted molar refractivity (Wildman–Crippen MR) is 165 cm³/mol. The van der Waals surface area contributed by atoms with E-state index in [1.165, 1.54) is 6.21 Å². The molecule has 0 atom stereocenters. The van der Waals surface area contributed by atoms with Crippen molar-refractivity contribution in [3.05, 3.63) is 131 Å². The molecule has 0 unspecified atom stereocenters. The molecule has 0 aliphatic rings. The van der Waals surface area contributed by atoms with E-state index in [0.29, 0.717) is 28.5 Å². The molecule has 9 heteroatoms. The number of carbonyl (C=O) groups excluding carboxylic acids is 2. The summed E-state index contributed by atoms with van der Waals surface area (Å²) in [6.07, 6.45) is 1.48. The second-order valence-corrected chi connectivity index (χ2v) is 9.97. The fourth-order valence-electron chi connectivity index (χ4n) is 4.39. The van der Waals surface area contributed by atoms with Gasteiger partial charge in [0.15, 0.2) is 12.4 Å². The summed E-state index contributed by atoms with van der Waals surface area (Å²) in [5.74, 6) is 1.04. The number of aryl methyl sites for hydroxylation is 3. The molecule has 2 N–H and O–H groups in total. The lowest BCUT2D eigenvalue weighted by Crippen LogP contribution is -2.20. The minimum absolute atomic E-state index is 0.112. The molecule has 218 valence electrons. The number of rotatable bonds is 11. The Morgan fingerprint density at radius 2 is 1.58 bits per heavy atom. The molecule has 2 amide bonds. The number of hydrogen-bond acceptors (Lipinski definition) is 6. The van der Waals surface area contributed by atoms with E-state index < -0.39 is 5.91 Å². The third-order valence-corrected chi connectivity index (χ3v) is 6.58. The molecule has 0 radical (unpaired) electrons. The molecule has 0 saturated heterocycles. The maximum absolute atomic E-state index is 12.5. The van der Waals surface area contributed by atoms with E-state index in [0.717, 1.165) is 22.6 Å². The highest BCUT2D eigenvalue weighted by Gasteiger charge is 2.11. The van der Waals surface area contributed by atoms with Crippen LogP contribution in [-0.2, 0) is 11.4 Å². The second-order valence-electron chi connectivity index (χ2n) is 9.97. The van der Waals surface area contributed by atoms with Crippen LogP contribution in [0.3, 0.4) is 0 Å². The van der Waals surface area contributed by atoms with Gasteiger partial charge in [0.2, 0.25) is 0 Å². The summed E-state index contributed by atoms with van der Waals surface area (Å²) in [7, 11) is 0. The molecular weight excluding hydrogens is 544 g/mol. The van der Waals surface area contributed by atoms with Crippen molar-refractivity contribution in [3.63, 3.8) is 0 Å². The largest absolute Gasteiger partial charge is 0.486 e. The van der Waals surface area contributed by atoms with Crippen LogP contribution in [0.4, 0.5) is 5.69 Å². The normalized spacial score (nSPS) is 11.0. The molecule has 43 heavy (non-hydrogen) atoms. The average molecular weight is 577 g/mol. The summed E-state index contributed by atoms with van der Waals surface area (Å²) in [6.45, 7) is 6.15. The van der Waals surface area contributed by atoms with Crippen LogP contribution in [0.5, 0.6) is 11.5 Å². The van der Waals surface area contributed by atoms with Gasteiger partial charge in [0.05, 0.1) is 6.21 Å². The first-order chi connectivity index (χ1) is 20.8. The van der Waals surface area contributed by atoms with E-state index in [4.69, 9.17) is 13.9 Å². The molecule has 0 saturated carbocycles. The lowest BCUT2D eigenvalue weighted by Gasteiger charge is -2.10. The average Bonchev–Trinajstić information content (AvgIpc) is 3.62. The minimum atomic E-state index is -0.496. The van der Waals surface area contributed by atoms with Gasteiger partial charge in [0.25, 0.3) is 5.91 Å².